The van der Waals surface area contributed by atoms with E-state index in [9.17, 15) is 4.79 Å². The van der Waals surface area contributed by atoms with Gasteiger partial charge in [-0.3, -0.25) is 9.69 Å². The topological polar surface area (TPSA) is 44.4 Å². The van der Waals surface area contributed by atoms with Crippen molar-refractivity contribution in [1.29, 1.82) is 0 Å². The van der Waals surface area contributed by atoms with Gasteiger partial charge >= 0.3 is 0 Å². The van der Waals surface area contributed by atoms with Crippen LogP contribution in [0.1, 0.15) is 23.5 Å². The van der Waals surface area contributed by atoms with E-state index in [1.54, 1.807) is 0 Å². The van der Waals surface area contributed by atoms with Crippen molar-refractivity contribution in [3.05, 3.63) is 70.7 Å². The van der Waals surface area contributed by atoms with Gasteiger partial charge in [0.15, 0.2) is 0 Å². The summed E-state index contributed by atoms with van der Waals surface area (Å²) in [5.74, 6) is 0.0259. The fraction of sp³-hybridized carbons (Fsp3) is 0.381. The summed E-state index contributed by atoms with van der Waals surface area (Å²) < 4.78 is 0. The molecule has 0 aromatic heterocycles. The second kappa shape index (κ2) is 9.72. The molecule has 0 saturated carbocycles. The summed E-state index contributed by atoms with van der Waals surface area (Å²) in [5, 5.41) is 7.12. The Morgan fingerprint density at radius 1 is 1.08 bits per heavy atom. The quantitative estimate of drug-likeness (QED) is 0.786. The average Bonchev–Trinajstić information content (AvgIpc) is 2.68. The Morgan fingerprint density at radius 3 is 2.50 bits per heavy atom. The minimum Gasteiger partial charge on any atom is -0.355 e. The molecule has 1 atom stereocenters. The number of rotatable bonds is 7. The number of hydrogen-bond donors (Lipinski definition) is 2. The number of benzene rings is 2. The maximum atomic E-state index is 12.6. The number of amides is 1. The standard InChI is InChI=1S/C21H26ClN3O/c22-20-9-5-4-8-18(20)19(17-6-2-1-3-7-17)16-21(26)24-12-15-25-13-10-23-11-14-25/h1-9,19,23H,10-16H2,(H,24,26)/t19-/m0/s1. The molecule has 1 heterocycles. The Morgan fingerprint density at radius 2 is 1.77 bits per heavy atom. The van der Waals surface area contributed by atoms with Crippen LogP contribution in [0.3, 0.4) is 0 Å². The first-order chi connectivity index (χ1) is 12.7. The maximum Gasteiger partial charge on any atom is 0.220 e. The molecule has 0 aliphatic carbocycles. The Bertz CT molecular complexity index is 701. The smallest absolute Gasteiger partial charge is 0.220 e. The lowest BCUT2D eigenvalue weighted by atomic mass is 9.88. The van der Waals surface area contributed by atoms with Crippen LogP contribution < -0.4 is 10.6 Å². The van der Waals surface area contributed by atoms with Crippen molar-refractivity contribution in [2.24, 2.45) is 0 Å². The van der Waals surface area contributed by atoms with Gasteiger partial charge in [-0.25, -0.2) is 0 Å². The predicted octanol–water partition coefficient (Wildman–Crippen LogP) is 2.88. The van der Waals surface area contributed by atoms with Gasteiger partial charge in [0, 0.05) is 56.6 Å². The molecule has 0 bridgehead atoms. The van der Waals surface area contributed by atoms with Gasteiger partial charge in [0.1, 0.15) is 0 Å². The monoisotopic (exact) mass is 371 g/mol. The van der Waals surface area contributed by atoms with Crippen LogP contribution in [0.25, 0.3) is 0 Å². The molecule has 5 heteroatoms. The Kier molecular flexibility index (Phi) is 7.06. The Balaban J connectivity index is 1.62. The van der Waals surface area contributed by atoms with Crippen molar-refractivity contribution in [3.8, 4) is 0 Å². The SMILES string of the molecule is O=C(C[C@@H](c1ccccc1)c1ccccc1Cl)NCCN1CCNCC1. The van der Waals surface area contributed by atoms with E-state index in [0.717, 1.165) is 43.9 Å². The lowest BCUT2D eigenvalue weighted by Gasteiger charge is -2.27. The summed E-state index contributed by atoms with van der Waals surface area (Å²) in [5.41, 5.74) is 2.11. The van der Waals surface area contributed by atoms with Crippen LogP contribution in [-0.2, 0) is 4.79 Å². The number of nitrogens with zero attached hydrogens (tertiary/aromatic N) is 1. The second-order valence-electron chi connectivity index (χ2n) is 6.63. The molecule has 2 N–H and O–H groups in total. The summed E-state index contributed by atoms with van der Waals surface area (Å²) in [4.78, 5) is 14.9. The number of carbonyl (C=O) groups excluding carboxylic acids is 1. The van der Waals surface area contributed by atoms with Crippen molar-refractivity contribution >= 4 is 17.5 Å². The maximum absolute atomic E-state index is 12.6. The third-order valence-corrected chi connectivity index (χ3v) is 5.18. The van der Waals surface area contributed by atoms with Gasteiger partial charge in [0.2, 0.25) is 5.91 Å². The molecule has 26 heavy (non-hydrogen) atoms. The number of halogens is 1. The highest BCUT2D eigenvalue weighted by molar-refractivity contribution is 6.31. The number of hydrogen-bond acceptors (Lipinski definition) is 3. The van der Waals surface area contributed by atoms with Crippen LogP contribution in [0, 0.1) is 0 Å². The number of carbonyl (C=O) groups is 1. The van der Waals surface area contributed by atoms with Crippen molar-refractivity contribution in [1.82, 2.24) is 15.5 Å². The van der Waals surface area contributed by atoms with Crippen LogP contribution in [0.4, 0.5) is 0 Å². The predicted molar refractivity (Wildman–Crippen MR) is 107 cm³/mol. The number of piperazine rings is 1. The van der Waals surface area contributed by atoms with Gasteiger partial charge in [-0.15, -0.1) is 0 Å². The molecule has 4 nitrogen and oxygen atoms in total. The van der Waals surface area contributed by atoms with E-state index in [-0.39, 0.29) is 11.8 Å². The molecule has 1 aliphatic heterocycles. The molecule has 1 amide bonds. The van der Waals surface area contributed by atoms with E-state index in [1.165, 1.54) is 0 Å². The van der Waals surface area contributed by atoms with Gasteiger partial charge < -0.3 is 10.6 Å². The molecule has 138 valence electrons. The summed E-state index contributed by atoms with van der Waals surface area (Å²) in [6, 6.07) is 17.9. The molecule has 0 spiro atoms. The van der Waals surface area contributed by atoms with Gasteiger partial charge in [0.05, 0.1) is 0 Å². The fourth-order valence-corrected chi connectivity index (χ4v) is 3.66. The zero-order chi connectivity index (χ0) is 18.2. The molecule has 2 aromatic rings. The molecule has 1 saturated heterocycles. The van der Waals surface area contributed by atoms with Gasteiger partial charge in [-0.05, 0) is 17.2 Å². The second-order valence-corrected chi connectivity index (χ2v) is 7.04. The molecular weight excluding hydrogens is 346 g/mol. The third kappa shape index (κ3) is 5.31. The van der Waals surface area contributed by atoms with Crippen LogP contribution >= 0.6 is 11.6 Å². The highest BCUT2D eigenvalue weighted by Gasteiger charge is 2.20. The Labute approximate surface area is 160 Å². The van der Waals surface area contributed by atoms with E-state index >= 15 is 0 Å². The first kappa shape index (κ1) is 18.9. The third-order valence-electron chi connectivity index (χ3n) is 4.83. The summed E-state index contributed by atoms with van der Waals surface area (Å²) in [6.07, 6.45) is 0.398. The normalized spacial score (nSPS) is 16.2. The van der Waals surface area contributed by atoms with Crippen molar-refractivity contribution in [3.63, 3.8) is 0 Å². The largest absolute Gasteiger partial charge is 0.355 e. The summed E-state index contributed by atoms with van der Waals surface area (Å²) in [6.45, 7) is 5.72. The van der Waals surface area contributed by atoms with Crippen molar-refractivity contribution < 1.29 is 4.79 Å². The first-order valence-electron chi connectivity index (χ1n) is 9.23. The lowest BCUT2D eigenvalue weighted by Crippen LogP contribution is -2.46. The fourth-order valence-electron chi connectivity index (χ4n) is 3.40. The van der Waals surface area contributed by atoms with Crippen LogP contribution in [0.5, 0.6) is 0 Å². The zero-order valence-corrected chi connectivity index (χ0v) is 15.7. The van der Waals surface area contributed by atoms with Crippen LogP contribution in [-0.4, -0.2) is 50.1 Å². The van der Waals surface area contributed by atoms with Crippen molar-refractivity contribution in [2.45, 2.75) is 12.3 Å². The van der Waals surface area contributed by atoms with E-state index in [1.807, 2.05) is 42.5 Å². The van der Waals surface area contributed by atoms with Crippen LogP contribution in [0.15, 0.2) is 54.6 Å². The van der Waals surface area contributed by atoms with Crippen molar-refractivity contribution in [2.75, 3.05) is 39.3 Å². The van der Waals surface area contributed by atoms with Gasteiger partial charge in [0.25, 0.3) is 0 Å². The lowest BCUT2D eigenvalue weighted by molar-refractivity contribution is -0.121. The molecule has 3 rings (SSSR count). The molecule has 0 radical (unpaired) electrons. The average molecular weight is 372 g/mol. The molecule has 1 fully saturated rings. The van der Waals surface area contributed by atoms with E-state index < -0.39 is 0 Å². The molecule has 0 unspecified atom stereocenters. The molecular formula is C21H26ClN3O. The van der Waals surface area contributed by atoms with E-state index in [0.29, 0.717) is 18.0 Å². The summed E-state index contributed by atoms with van der Waals surface area (Å²) >= 11 is 6.41. The molecule has 1 aliphatic rings. The zero-order valence-electron chi connectivity index (χ0n) is 15.0. The van der Waals surface area contributed by atoms with E-state index in [4.69, 9.17) is 11.6 Å². The highest BCUT2D eigenvalue weighted by Crippen LogP contribution is 2.32. The van der Waals surface area contributed by atoms with E-state index in [2.05, 4.69) is 27.7 Å². The number of nitrogens with one attached hydrogen (secondary N) is 2. The minimum absolute atomic E-state index is 0.0379. The first-order valence-corrected chi connectivity index (χ1v) is 9.61. The Hall–Kier alpha value is -1.88. The molecule has 2 aromatic carbocycles. The van der Waals surface area contributed by atoms with Gasteiger partial charge in [-0.1, -0.05) is 60.1 Å². The summed E-state index contributed by atoms with van der Waals surface area (Å²) in [7, 11) is 0. The van der Waals surface area contributed by atoms with Gasteiger partial charge in [-0.2, -0.15) is 0 Å². The van der Waals surface area contributed by atoms with Crippen LogP contribution in [0.2, 0.25) is 5.02 Å². The minimum atomic E-state index is -0.0379. The highest BCUT2D eigenvalue weighted by atomic mass is 35.5.